The highest BCUT2D eigenvalue weighted by Crippen LogP contribution is 2.30. The van der Waals surface area contributed by atoms with E-state index < -0.39 is 23.8 Å². The molecule has 0 aromatic rings. The standard InChI is InChI=1S/C8H12O4.C5H12O2/c9-7(10)5-3-1-2-4-6(5)8(11)12;1-5(2,3-6)4-7/h5-6H,1-4H2,(H,9,10)(H,11,12);6-7H,3-4H2,1-2H3. The van der Waals surface area contributed by atoms with Crippen LogP contribution in [0.4, 0.5) is 0 Å². The molecule has 6 nitrogen and oxygen atoms in total. The first kappa shape index (κ1) is 17.9. The molecule has 0 spiro atoms. The molecule has 0 amide bonds. The molecule has 1 aliphatic carbocycles. The van der Waals surface area contributed by atoms with Gasteiger partial charge in [-0.3, -0.25) is 9.59 Å². The molecular formula is C13H24O6. The maximum absolute atomic E-state index is 10.6. The average Bonchev–Trinajstić information content (AvgIpc) is 2.39. The van der Waals surface area contributed by atoms with Gasteiger partial charge in [0.15, 0.2) is 0 Å². The fourth-order valence-corrected chi connectivity index (χ4v) is 1.77. The molecule has 0 radical (unpaired) electrons. The van der Waals surface area contributed by atoms with Crippen LogP contribution in [-0.4, -0.2) is 45.6 Å². The Morgan fingerprint density at radius 3 is 1.42 bits per heavy atom. The van der Waals surface area contributed by atoms with E-state index in [2.05, 4.69) is 0 Å². The minimum Gasteiger partial charge on any atom is -0.481 e. The van der Waals surface area contributed by atoms with Crippen molar-refractivity contribution in [2.75, 3.05) is 13.2 Å². The zero-order valence-electron chi connectivity index (χ0n) is 11.5. The molecule has 1 rings (SSSR count). The molecule has 1 aliphatic rings. The molecule has 19 heavy (non-hydrogen) atoms. The Labute approximate surface area is 113 Å². The van der Waals surface area contributed by atoms with Crippen molar-refractivity contribution >= 4 is 11.9 Å². The monoisotopic (exact) mass is 276 g/mol. The van der Waals surface area contributed by atoms with Crippen molar-refractivity contribution in [3.05, 3.63) is 0 Å². The average molecular weight is 276 g/mol. The number of aliphatic hydroxyl groups excluding tert-OH is 2. The smallest absolute Gasteiger partial charge is 0.307 e. The number of aliphatic hydroxyl groups is 2. The molecule has 0 aliphatic heterocycles. The van der Waals surface area contributed by atoms with E-state index in [9.17, 15) is 9.59 Å². The van der Waals surface area contributed by atoms with Crippen LogP contribution in [0, 0.1) is 17.3 Å². The van der Waals surface area contributed by atoms with E-state index in [0.717, 1.165) is 12.8 Å². The van der Waals surface area contributed by atoms with Crippen LogP contribution >= 0.6 is 0 Å². The van der Waals surface area contributed by atoms with E-state index in [-0.39, 0.29) is 18.6 Å². The van der Waals surface area contributed by atoms with Crippen molar-refractivity contribution in [2.45, 2.75) is 39.5 Å². The van der Waals surface area contributed by atoms with Crippen LogP contribution < -0.4 is 0 Å². The zero-order valence-corrected chi connectivity index (χ0v) is 11.5. The lowest BCUT2D eigenvalue weighted by atomic mass is 9.79. The van der Waals surface area contributed by atoms with Gasteiger partial charge in [0.2, 0.25) is 0 Å². The molecule has 0 aromatic heterocycles. The molecule has 2 atom stereocenters. The van der Waals surface area contributed by atoms with Gasteiger partial charge >= 0.3 is 11.9 Å². The minimum atomic E-state index is -0.970. The first-order valence-electron chi connectivity index (χ1n) is 6.42. The molecule has 112 valence electrons. The number of carboxylic acid groups (broad SMARTS) is 2. The molecule has 0 heterocycles. The Morgan fingerprint density at radius 2 is 1.26 bits per heavy atom. The van der Waals surface area contributed by atoms with Crippen molar-refractivity contribution in [1.82, 2.24) is 0 Å². The third-order valence-electron chi connectivity index (χ3n) is 3.26. The Kier molecular flexibility index (Phi) is 7.63. The number of hydrogen-bond donors (Lipinski definition) is 4. The van der Waals surface area contributed by atoms with Gasteiger partial charge in [0.1, 0.15) is 0 Å². The second-order valence-corrected chi connectivity index (χ2v) is 5.65. The molecule has 1 saturated carbocycles. The molecule has 0 aromatic carbocycles. The van der Waals surface area contributed by atoms with Crippen LogP contribution in [0.15, 0.2) is 0 Å². The summed E-state index contributed by atoms with van der Waals surface area (Å²) in [5.74, 6) is -3.28. The van der Waals surface area contributed by atoms with E-state index in [4.69, 9.17) is 20.4 Å². The van der Waals surface area contributed by atoms with Crippen LogP contribution in [0.2, 0.25) is 0 Å². The summed E-state index contributed by atoms with van der Waals surface area (Å²) in [6.45, 7) is 3.69. The summed E-state index contributed by atoms with van der Waals surface area (Å²) in [7, 11) is 0. The number of carbonyl (C=O) groups is 2. The summed E-state index contributed by atoms with van der Waals surface area (Å²) >= 11 is 0. The van der Waals surface area contributed by atoms with E-state index in [1.165, 1.54) is 0 Å². The first-order chi connectivity index (χ1) is 8.75. The summed E-state index contributed by atoms with van der Waals surface area (Å²) in [5, 5.41) is 34.3. The third kappa shape index (κ3) is 6.54. The lowest BCUT2D eigenvalue weighted by Crippen LogP contribution is -2.32. The Morgan fingerprint density at radius 1 is 0.947 bits per heavy atom. The van der Waals surface area contributed by atoms with Gasteiger partial charge in [-0.25, -0.2) is 0 Å². The van der Waals surface area contributed by atoms with Crippen molar-refractivity contribution in [1.29, 1.82) is 0 Å². The maximum atomic E-state index is 10.6. The van der Waals surface area contributed by atoms with E-state index in [1.54, 1.807) is 13.8 Å². The van der Waals surface area contributed by atoms with Gasteiger partial charge < -0.3 is 20.4 Å². The molecule has 2 unspecified atom stereocenters. The summed E-state index contributed by atoms with van der Waals surface area (Å²) < 4.78 is 0. The van der Waals surface area contributed by atoms with Crippen molar-refractivity contribution < 1.29 is 30.0 Å². The molecular weight excluding hydrogens is 252 g/mol. The highest BCUT2D eigenvalue weighted by molar-refractivity contribution is 5.80. The molecule has 1 fully saturated rings. The van der Waals surface area contributed by atoms with Gasteiger partial charge in [-0.1, -0.05) is 26.7 Å². The summed E-state index contributed by atoms with van der Waals surface area (Å²) in [5.41, 5.74) is -0.306. The largest absolute Gasteiger partial charge is 0.481 e. The molecule has 4 N–H and O–H groups in total. The van der Waals surface area contributed by atoms with Gasteiger partial charge in [0, 0.05) is 5.41 Å². The van der Waals surface area contributed by atoms with Gasteiger partial charge in [-0.05, 0) is 12.8 Å². The van der Waals surface area contributed by atoms with Crippen molar-refractivity contribution in [3.8, 4) is 0 Å². The van der Waals surface area contributed by atoms with Crippen LogP contribution in [0.5, 0.6) is 0 Å². The fourth-order valence-electron chi connectivity index (χ4n) is 1.77. The topological polar surface area (TPSA) is 115 Å². The maximum Gasteiger partial charge on any atom is 0.307 e. The second kappa shape index (κ2) is 8.12. The SMILES string of the molecule is CC(C)(CO)CO.O=C(O)C1CCCCC1C(=O)O. The summed E-state index contributed by atoms with van der Waals surface area (Å²) in [6, 6.07) is 0. The van der Waals surface area contributed by atoms with E-state index in [0.29, 0.717) is 12.8 Å². The Hall–Kier alpha value is -1.14. The van der Waals surface area contributed by atoms with Crippen molar-refractivity contribution in [3.63, 3.8) is 0 Å². The van der Waals surface area contributed by atoms with E-state index in [1.807, 2.05) is 0 Å². The highest BCUT2D eigenvalue weighted by Gasteiger charge is 2.35. The number of carboxylic acids is 2. The first-order valence-corrected chi connectivity index (χ1v) is 6.42. The third-order valence-corrected chi connectivity index (χ3v) is 3.26. The van der Waals surface area contributed by atoms with E-state index >= 15 is 0 Å². The number of rotatable bonds is 4. The van der Waals surface area contributed by atoms with Crippen LogP contribution in [0.1, 0.15) is 39.5 Å². The predicted octanol–water partition coefficient (Wildman–Crippen LogP) is 0.959. The summed E-state index contributed by atoms with van der Waals surface area (Å²) in [6.07, 6.45) is 2.68. The zero-order chi connectivity index (χ0) is 15.1. The highest BCUT2D eigenvalue weighted by atomic mass is 16.4. The van der Waals surface area contributed by atoms with Gasteiger partial charge in [0.25, 0.3) is 0 Å². The van der Waals surface area contributed by atoms with Gasteiger partial charge in [-0.15, -0.1) is 0 Å². The minimum absolute atomic E-state index is 0.0451. The number of aliphatic carboxylic acids is 2. The Bertz CT molecular complexity index is 272. The normalized spacial score (nSPS) is 23.2. The van der Waals surface area contributed by atoms with Gasteiger partial charge in [-0.2, -0.15) is 0 Å². The van der Waals surface area contributed by atoms with Crippen molar-refractivity contribution in [2.24, 2.45) is 17.3 Å². The van der Waals surface area contributed by atoms with Crippen LogP contribution in [-0.2, 0) is 9.59 Å². The molecule has 0 bridgehead atoms. The second-order valence-electron chi connectivity index (χ2n) is 5.65. The Balaban J connectivity index is 0.000000399. The lowest BCUT2D eigenvalue weighted by molar-refractivity contribution is -0.155. The fraction of sp³-hybridized carbons (Fsp3) is 0.846. The summed E-state index contributed by atoms with van der Waals surface area (Å²) in [4.78, 5) is 21.2. The number of hydrogen-bond acceptors (Lipinski definition) is 4. The molecule has 0 saturated heterocycles. The predicted molar refractivity (Wildman–Crippen MR) is 68.7 cm³/mol. The van der Waals surface area contributed by atoms with Crippen LogP contribution in [0.25, 0.3) is 0 Å². The molecule has 6 heteroatoms. The van der Waals surface area contributed by atoms with Crippen LogP contribution in [0.3, 0.4) is 0 Å². The van der Waals surface area contributed by atoms with Gasteiger partial charge in [0.05, 0.1) is 25.0 Å². The lowest BCUT2D eigenvalue weighted by Gasteiger charge is -2.24. The quantitative estimate of drug-likeness (QED) is 0.608.